The van der Waals surface area contributed by atoms with E-state index >= 15 is 0 Å². The molecule has 0 amide bonds. The van der Waals surface area contributed by atoms with Gasteiger partial charge in [-0.2, -0.15) is 0 Å². The van der Waals surface area contributed by atoms with Crippen LogP contribution in [0.15, 0.2) is 0 Å². The zero-order chi connectivity index (χ0) is 9.11. The SMILES string of the molecule is CCCCNC(=S)NC.SI. The second-order valence-electron chi connectivity index (χ2n) is 1.86. The topological polar surface area (TPSA) is 24.1 Å². The van der Waals surface area contributed by atoms with Crippen molar-refractivity contribution in [3.05, 3.63) is 0 Å². The predicted octanol–water partition coefficient (Wildman–Crippen LogP) is 2.15. The molecule has 0 aromatic carbocycles. The van der Waals surface area contributed by atoms with E-state index in [-0.39, 0.29) is 0 Å². The van der Waals surface area contributed by atoms with Crippen LogP contribution in [0.4, 0.5) is 0 Å². The first-order valence-electron chi connectivity index (χ1n) is 3.43. The fourth-order valence-electron chi connectivity index (χ4n) is 0.467. The average Bonchev–Trinajstić information content (AvgIpc) is 2.08. The van der Waals surface area contributed by atoms with Gasteiger partial charge in [-0.05, 0) is 39.8 Å². The van der Waals surface area contributed by atoms with Crippen molar-refractivity contribution in [3.8, 4) is 0 Å². The summed E-state index contributed by atoms with van der Waals surface area (Å²) in [6.45, 7) is 3.14. The van der Waals surface area contributed by atoms with Crippen LogP contribution in [-0.2, 0) is 0 Å². The predicted molar refractivity (Wildman–Crippen MR) is 67.6 cm³/mol. The highest BCUT2D eigenvalue weighted by atomic mass is 127. The van der Waals surface area contributed by atoms with Gasteiger partial charge in [-0.1, -0.05) is 13.3 Å². The second-order valence-corrected chi connectivity index (χ2v) is 2.27. The van der Waals surface area contributed by atoms with Gasteiger partial charge in [-0.3, -0.25) is 0 Å². The molecule has 68 valence electrons. The smallest absolute Gasteiger partial charge is 0.166 e. The minimum Gasteiger partial charge on any atom is -0.366 e. The molecule has 0 bridgehead atoms. The number of rotatable bonds is 3. The molecular formula is C6H15IN2S2. The Hall–Kier alpha value is 0.770. The normalized spacial score (nSPS) is 7.64. The summed E-state index contributed by atoms with van der Waals surface area (Å²) in [4.78, 5) is 0. The van der Waals surface area contributed by atoms with E-state index in [1.165, 1.54) is 12.8 Å². The number of unbranched alkanes of at least 4 members (excludes halogenated alkanes) is 1. The van der Waals surface area contributed by atoms with Crippen molar-refractivity contribution in [2.45, 2.75) is 19.8 Å². The van der Waals surface area contributed by atoms with Gasteiger partial charge in [-0.25, -0.2) is 0 Å². The summed E-state index contributed by atoms with van der Waals surface area (Å²) in [5.41, 5.74) is 0. The zero-order valence-electron chi connectivity index (χ0n) is 6.85. The lowest BCUT2D eigenvalue weighted by molar-refractivity contribution is 0.749. The first-order chi connectivity index (χ1) is 5.31. The molecule has 0 rings (SSSR count). The highest BCUT2D eigenvalue weighted by Gasteiger charge is 1.86. The third-order valence-electron chi connectivity index (χ3n) is 1.04. The molecule has 0 fully saturated rings. The van der Waals surface area contributed by atoms with Gasteiger partial charge >= 0.3 is 0 Å². The second kappa shape index (κ2) is 13.4. The number of hydrogen-bond acceptors (Lipinski definition) is 2. The van der Waals surface area contributed by atoms with E-state index in [9.17, 15) is 0 Å². The number of hydrogen-bond donors (Lipinski definition) is 3. The zero-order valence-corrected chi connectivity index (χ0v) is 10.7. The summed E-state index contributed by atoms with van der Waals surface area (Å²) in [6.07, 6.45) is 2.39. The molecule has 0 aliphatic heterocycles. The van der Waals surface area contributed by atoms with E-state index in [1.807, 2.05) is 28.3 Å². The Morgan fingerprint density at radius 1 is 1.55 bits per heavy atom. The molecule has 0 unspecified atom stereocenters. The Morgan fingerprint density at radius 3 is 2.45 bits per heavy atom. The molecular weight excluding hydrogens is 291 g/mol. The van der Waals surface area contributed by atoms with Gasteiger partial charge in [0.15, 0.2) is 5.11 Å². The van der Waals surface area contributed by atoms with Crippen LogP contribution in [0.5, 0.6) is 0 Å². The molecule has 0 aromatic heterocycles. The molecule has 2 N–H and O–H groups in total. The van der Waals surface area contributed by atoms with Gasteiger partial charge in [0.05, 0.1) is 0 Å². The summed E-state index contributed by atoms with van der Waals surface area (Å²) in [5, 5.41) is 6.64. The molecule has 0 radical (unpaired) electrons. The third kappa shape index (κ3) is 13.7. The van der Waals surface area contributed by atoms with Crippen LogP contribution in [0.1, 0.15) is 19.8 Å². The lowest BCUT2D eigenvalue weighted by Gasteiger charge is -2.04. The van der Waals surface area contributed by atoms with Crippen molar-refractivity contribution in [3.63, 3.8) is 0 Å². The molecule has 0 heterocycles. The van der Waals surface area contributed by atoms with Crippen LogP contribution in [0.25, 0.3) is 0 Å². The molecule has 0 saturated carbocycles. The Morgan fingerprint density at radius 2 is 2.09 bits per heavy atom. The van der Waals surface area contributed by atoms with Crippen LogP contribution in [-0.4, -0.2) is 18.7 Å². The highest BCUT2D eigenvalue weighted by molar-refractivity contribution is 14.2. The molecule has 5 heteroatoms. The molecule has 0 saturated heterocycles. The molecule has 0 aliphatic carbocycles. The van der Waals surface area contributed by atoms with Crippen molar-refractivity contribution in [2.75, 3.05) is 13.6 Å². The van der Waals surface area contributed by atoms with E-state index in [0.717, 1.165) is 11.7 Å². The van der Waals surface area contributed by atoms with E-state index in [0.29, 0.717) is 0 Å². The minimum atomic E-state index is 0.739. The quantitative estimate of drug-likeness (QED) is 0.322. The van der Waals surface area contributed by atoms with Crippen molar-refractivity contribution >= 4 is 48.3 Å². The van der Waals surface area contributed by atoms with Gasteiger partial charge in [-0.15, -0.1) is 9.80 Å². The van der Waals surface area contributed by atoms with E-state index < -0.39 is 0 Å². The van der Waals surface area contributed by atoms with Crippen molar-refractivity contribution in [2.24, 2.45) is 0 Å². The van der Waals surface area contributed by atoms with E-state index in [1.54, 1.807) is 0 Å². The van der Waals surface area contributed by atoms with E-state index in [4.69, 9.17) is 12.2 Å². The summed E-state index contributed by atoms with van der Waals surface area (Å²) >= 11 is 6.69. The van der Waals surface area contributed by atoms with Crippen LogP contribution in [0.2, 0.25) is 0 Å². The van der Waals surface area contributed by atoms with Gasteiger partial charge in [0.25, 0.3) is 0 Å². The summed E-state index contributed by atoms with van der Waals surface area (Å²) in [7, 11) is 5.32. The largest absolute Gasteiger partial charge is 0.366 e. The summed E-state index contributed by atoms with van der Waals surface area (Å²) < 4.78 is 0. The maximum atomic E-state index is 4.85. The van der Waals surface area contributed by atoms with Gasteiger partial charge in [0.2, 0.25) is 0 Å². The maximum Gasteiger partial charge on any atom is 0.166 e. The lowest BCUT2D eigenvalue weighted by Crippen LogP contribution is -2.32. The fraction of sp³-hybridized carbons (Fsp3) is 0.833. The third-order valence-corrected chi connectivity index (χ3v) is 1.39. The van der Waals surface area contributed by atoms with Crippen LogP contribution < -0.4 is 10.6 Å². The van der Waals surface area contributed by atoms with Gasteiger partial charge < -0.3 is 10.6 Å². The highest BCUT2D eigenvalue weighted by Crippen LogP contribution is 1.81. The molecule has 2 nitrogen and oxygen atoms in total. The van der Waals surface area contributed by atoms with Gasteiger partial charge in [0, 0.05) is 13.6 Å². The number of thiol groups is 1. The first kappa shape index (κ1) is 14.3. The van der Waals surface area contributed by atoms with E-state index in [2.05, 4.69) is 27.4 Å². The summed E-state index contributed by atoms with van der Waals surface area (Å²) in [6, 6.07) is 0. The van der Waals surface area contributed by atoms with Crippen LogP contribution in [0.3, 0.4) is 0 Å². The fourth-order valence-corrected chi connectivity index (χ4v) is 0.569. The Kier molecular flexibility index (Phi) is 17.4. The Balaban J connectivity index is 0. The lowest BCUT2D eigenvalue weighted by atomic mass is 10.3. The molecule has 0 aromatic rings. The van der Waals surface area contributed by atoms with Gasteiger partial charge in [0.1, 0.15) is 0 Å². The standard InChI is InChI=1S/C6H14N2S.HIS/c1-3-4-5-8-6(9)7-2;1-2/h3-5H2,1-2H3,(H2,7,8,9);2H. The first-order valence-corrected chi connectivity index (χ1v) is 7.07. The average molecular weight is 306 g/mol. The molecule has 0 spiro atoms. The van der Waals surface area contributed by atoms with Crippen molar-refractivity contribution in [1.29, 1.82) is 0 Å². The molecule has 0 atom stereocenters. The Bertz CT molecular complexity index is 90.7. The number of halogens is 1. The maximum absolute atomic E-state index is 4.85. The van der Waals surface area contributed by atoms with Crippen LogP contribution in [0, 0.1) is 0 Å². The monoisotopic (exact) mass is 306 g/mol. The molecule has 0 aliphatic rings. The van der Waals surface area contributed by atoms with Crippen molar-refractivity contribution < 1.29 is 0 Å². The van der Waals surface area contributed by atoms with Crippen molar-refractivity contribution in [1.82, 2.24) is 10.6 Å². The molecule has 11 heavy (non-hydrogen) atoms. The number of thiocarbonyl (C=S) groups is 1. The summed E-state index contributed by atoms with van der Waals surface area (Å²) in [5.74, 6) is 0. The number of nitrogens with one attached hydrogen (secondary N) is 2. The minimum absolute atomic E-state index is 0.739. The Labute approximate surface area is 91.9 Å². The van der Waals surface area contributed by atoms with Crippen LogP contribution >= 0.6 is 43.2 Å².